The third kappa shape index (κ3) is 13.5. The van der Waals surface area contributed by atoms with E-state index in [9.17, 15) is 26.4 Å². The van der Waals surface area contributed by atoms with Crippen LogP contribution in [0.5, 0.6) is 0 Å². The van der Waals surface area contributed by atoms with Gasteiger partial charge in [0.15, 0.2) is 11.3 Å². The monoisotopic (exact) mass is 1050 g/mol. The Morgan fingerprint density at radius 2 is 1.01 bits per heavy atom. The molecule has 6 aromatic rings. The van der Waals surface area contributed by atoms with E-state index >= 15 is 0 Å². The highest BCUT2D eigenvalue weighted by Crippen LogP contribution is 2.33. The van der Waals surface area contributed by atoms with Gasteiger partial charge in [-0.25, -0.2) is 36.4 Å². The highest BCUT2D eigenvalue weighted by atomic mass is 35.7. The van der Waals surface area contributed by atoms with Crippen molar-refractivity contribution in [2.75, 3.05) is 52.4 Å². The molecule has 0 unspecified atom stereocenters. The number of halogens is 1. The number of benzene rings is 2. The van der Waals surface area contributed by atoms with Crippen molar-refractivity contribution in [1.82, 2.24) is 47.7 Å². The zero-order valence-corrected chi connectivity index (χ0v) is 45.0. The van der Waals surface area contributed by atoms with Gasteiger partial charge in [0.05, 0.1) is 32.9 Å². The number of aromatic nitrogens is 6. The average Bonchev–Trinajstić information content (AvgIpc) is 4.26. The van der Waals surface area contributed by atoms with E-state index in [2.05, 4.69) is 93.1 Å². The Balaban J connectivity index is 0.000000186. The van der Waals surface area contributed by atoms with Crippen molar-refractivity contribution in [1.29, 1.82) is 0 Å². The van der Waals surface area contributed by atoms with E-state index in [0.29, 0.717) is 31.8 Å². The maximum Gasteiger partial charge on any atom is 0.330 e. The standard InChI is InChI=1S/C26H35N5O3S.C23H31N5O.C3H5ClO2S.CH4/c1-26(2,3)18-31-23-11-10-22(27-24(23)28(4)25(31)32)20-7-5-6-19(16-20)17-29-12-14-30(15-13-29)35(33,34)21-8-9-21;1-23(2,3)16-28-20-9-8-19(25-21(20)26(4)22(28)29)18-7-5-6-17(14-18)15-27-12-10-24-11-13-27;4-7(5,6)3-1-2-3;/h5-7,10-11,16,21H,8-9,12-15,17-18H2,1-4H3;5-9,14,24H,10-13,15-16H2,1-4H3;3H,1-2H2;1H4. The molecular weight excluding hydrogens is 972 g/mol. The third-order valence-electron chi connectivity index (χ3n) is 13.3. The van der Waals surface area contributed by atoms with Crippen LogP contribution in [0.1, 0.15) is 85.8 Å². The summed E-state index contributed by atoms with van der Waals surface area (Å²) in [7, 11) is 2.24. The van der Waals surface area contributed by atoms with Crippen LogP contribution in [-0.4, -0.2) is 122 Å². The van der Waals surface area contributed by atoms with Gasteiger partial charge in [-0.3, -0.25) is 28.1 Å². The number of aryl methyl sites for hydroxylation is 2. The van der Waals surface area contributed by atoms with Crippen LogP contribution in [0.4, 0.5) is 0 Å². The molecule has 0 atom stereocenters. The molecule has 392 valence electrons. The van der Waals surface area contributed by atoms with Gasteiger partial charge in [-0.2, -0.15) is 4.31 Å². The molecule has 10 rings (SSSR count). The normalized spacial score (nSPS) is 17.5. The lowest BCUT2D eigenvalue weighted by Gasteiger charge is -2.34. The molecule has 0 spiro atoms. The molecular formula is C53H75ClN10O6S2. The van der Waals surface area contributed by atoms with Crippen LogP contribution in [0.2, 0.25) is 0 Å². The van der Waals surface area contributed by atoms with Gasteiger partial charge in [-0.05, 0) is 84.0 Å². The summed E-state index contributed by atoms with van der Waals surface area (Å²) in [5, 5.41) is 3.05. The average molecular weight is 1050 g/mol. The van der Waals surface area contributed by atoms with Crippen molar-refractivity contribution in [3.8, 4) is 22.5 Å². The van der Waals surface area contributed by atoms with Crippen LogP contribution in [0, 0.1) is 10.8 Å². The Kier molecular flexibility index (Phi) is 16.8. The van der Waals surface area contributed by atoms with Crippen molar-refractivity contribution >= 4 is 52.1 Å². The number of pyridine rings is 2. The van der Waals surface area contributed by atoms with Crippen LogP contribution >= 0.6 is 10.7 Å². The topological polar surface area (TPSA) is 170 Å². The molecule has 16 nitrogen and oxygen atoms in total. The molecule has 0 radical (unpaired) electrons. The minimum absolute atomic E-state index is 0. The second kappa shape index (κ2) is 22.0. The molecule has 72 heavy (non-hydrogen) atoms. The molecule has 4 fully saturated rings. The molecule has 1 N–H and O–H groups in total. The summed E-state index contributed by atoms with van der Waals surface area (Å²) in [6.45, 7) is 22.7. The quantitative estimate of drug-likeness (QED) is 0.130. The van der Waals surface area contributed by atoms with E-state index in [1.165, 1.54) is 11.1 Å². The molecule has 2 saturated carbocycles. The summed E-state index contributed by atoms with van der Waals surface area (Å²) in [4.78, 5) is 40.1. The number of piperazine rings is 2. The lowest BCUT2D eigenvalue weighted by molar-refractivity contribution is 0.181. The summed E-state index contributed by atoms with van der Waals surface area (Å²) in [6, 6.07) is 25.0. The number of fused-ring (bicyclic) bond motifs is 2. The minimum Gasteiger partial charge on any atom is -0.314 e. The fraction of sp³-hybridized carbons (Fsp3) is 0.547. The van der Waals surface area contributed by atoms with E-state index < -0.39 is 19.1 Å². The maximum absolute atomic E-state index is 12.9. The van der Waals surface area contributed by atoms with Gasteiger partial charge in [0.25, 0.3) is 0 Å². The molecule has 0 bridgehead atoms. The number of nitrogens with zero attached hydrogens (tertiary/aromatic N) is 9. The van der Waals surface area contributed by atoms with Gasteiger partial charge < -0.3 is 5.32 Å². The number of hydrogen-bond donors (Lipinski definition) is 1. The highest BCUT2D eigenvalue weighted by Gasteiger charge is 2.41. The van der Waals surface area contributed by atoms with Crippen molar-refractivity contribution in [2.45, 2.75) is 111 Å². The number of nitrogens with one attached hydrogen (secondary N) is 1. The molecule has 0 amide bonds. The van der Waals surface area contributed by atoms with Crippen LogP contribution in [0.3, 0.4) is 0 Å². The fourth-order valence-corrected chi connectivity index (χ4v) is 12.3. The van der Waals surface area contributed by atoms with Crippen LogP contribution in [0.15, 0.2) is 82.4 Å². The summed E-state index contributed by atoms with van der Waals surface area (Å²) < 4.78 is 53.9. The van der Waals surface area contributed by atoms with Gasteiger partial charge in [-0.1, -0.05) is 85.4 Å². The first-order chi connectivity index (χ1) is 33.4. The summed E-state index contributed by atoms with van der Waals surface area (Å²) in [5.74, 6) is 0. The Morgan fingerprint density at radius 1 is 0.597 bits per heavy atom. The summed E-state index contributed by atoms with van der Waals surface area (Å²) >= 11 is 0. The number of sulfonamides is 1. The molecule has 2 aromatic carbocycles. The van der Waals surface area contributed by atoms with Crippen molar-refractivity contribution < 1.29 is 16.8 Å². The Hall–Kier alpha value is -4.69. The Labute approximate surface area is 430 Å². The van der Waals surface area contributed by atoms with Crippen molar-refractivity contribution in [3.63, 3.8) is 0 Å². The first-order valence-corrected chi connectivity index (χ1v) is 28.7. The molecule has 2 aliphatic carbocycles. The lowest BCUT2D eigenvalue weighted by Crippen LogP contribution is -2.49. The molecule has 2 aliphatic heterocycles. The van der Waals surface area contributed by atoms with E-state index in [0.717, 1.165) is 117 Å². The number of rotatable bonds is 11. The van der Waals surface area contributed by atoms with Crippen molar-refractivity contribution in [2.24, 2.45) is 24.9 Å². The van der Waals surface area contributed by atoms with Crippen molar-refractivity contribution in [3.05, 3.63) is 105 Å². The van der Waals surface area contributed by atoms with Crippen LogP contribution in [0.25, 0.3) is 44.8 Å². The van der Waals surface area contributed by atoms with Gasteiger partial charge in [0.1, 0.15) is 0 Å². The third-order valence-corrected chi connectivity index (χ3v) is 17.7. The SMILES string of the molecule is C.Cn1c(=O)n(CC(C)(C)C)c2ccc(-c3cccc(CN4CCN(S(=O)(=O)C5CC5)CC4)c3)nc21.Cn1c(=O)n(CC(C)(C)C)c2ccc(-c3cccc(CN4CCNCC4)c3)nc21.O=S(=O)(Cl)C1CC1. The first-order valence-electron chi connectivity index (χ1n) is 24.8. The smallest absolute Gasteiger partial charge is 0.314 e. The minimum atomic E-state index is -3.16. The van der Waals surface area contributed by atoms with Gasteiger partial charge in [0, 0.05) is 114 Å². The van der Waals surface area contributed by atoms with Gasteiger partial charge in [0.2, 0.25) is 19.1 Å². The molecule has 4 aromatic heterocycles. The molecule has 19 heteroatoms. The fourth-order valence-electron chi connectivity index (χ4n) is 9.23. The van der Waals surface area contributed by atoms with E-state index in [1.807, 2.05) is 45.5 Å². The number of imidazole rings is 2. The second-order valence-corrected chi connectivity index (χ2v) is 27.2. The second-order valence-electron chi connectivity index (χ2n) is 22.1. The van der Waals surface area contributed by atoms with E-state index in [1.54, 1.807) is 27.5 Å². The Morgan fingerprint density at radius 3 is 1.39 bits per heavy atom. The predicted octanol–water partition coefficient (Wildman–Crippen LogP) is 7.26. The largest absolute Gasteiger partial charge is 0.330 e. The predicted molar refractivity (Wildman–Crippen MR) is 291 cm³/mol. The summed E-state index contributed by atoms with van der Waals surface area (Å²) in [5.41, 5.74) is 9.44. The van der Waals surface area contributed by atoms with Gasteiger partial charge >= 0.3 is 11.4 Å². The molecule has 6 heterocycles. The van der Waals surface area contributed by atoms with Crippen LogP contribution < -0.4 is 16.7 Å². The highest BCUT2D eigenvalue weighted by molar-refractivity contribution is 8.14. The molecule has 4 aliphatic rings. The van der Waals surface area contributed by atoms with Crippen LogP contribution in [-0.2, 0) is 59.3 Å². The van der Waals surface area contributed by atoms with E-state index in [4.69, 9.17) is 20.7 Å². The molecule has 2 saturated heterocycles. The zero-order chi connectivity index (χ0) is 51.0. The Bertz CT molecular complexity index is 3220. The zero-order valence-electron chi connectivity index (χ0n) is 42.6. The maximum atomic E-state index is 12.9. The first kappa shape index (κ1) is 55.1. The lowest BCUT2D eigenvalue weighted by atomic mass is 9.97. The van der Waals surface area contributed by atoms with Gasteiger partial charge in [-0.15, -0.1) is 0 Å². The number of hydrogen-bond acceptors (Lipinski definition) is 11. The summed E-state index contributed by atoms with van der Waals surface area (Å²) in [6.07, 6.45) is 3.13. The van der Waals surface area contributed by atoms with E-state index in [-0.39, 0.29) is 40.1 Å².